The summed E-state index contributed by atoms with van der Waals surface area (Å²) in [6, 6.07) is 16.0. The highest BCUT2D eigenvalue weighted by Crippen LogP contribution is 2.35. The van der Waals surface area contributed by atoms with E-state index in [0.29, 0.717) is 33.6 Å². The van der Waals surface area contributed by atoms with E-state index in [4.69, 9.17) is 13.9 Å². The maximum atomic E-state index is 13.1. The summed E-state index contributed by atoms with van der Waals surface area (Å²) in [5.74, 6) is -0.282. The van der Waals surface area contributed by atoms with E-state index >= 15 is 0 Å². The molecule has 4 rings (SSSR count). The van der Waals surface area contributed by atoms with E-state index in [0.717, 1.165) is 0 Å². The van der Waals surface area contributed by atoms with Gasteiger partial charge in [0.2, 0.25) is 11.7 Å². The number of hydrogen-bond acceptors (Lipinski definition) is 7. The number of thiazole rings is 1. The first-order valence-electron chi connectivity index (χ1n) is 9.87. The quantitative estimate of drug-likeness (QED) is 0.330. The number of aromatic nitrogens is 1. The SMILES string of the molecule is COc1ccccc1N(C(C)=O)c1nc(COC(=O)c2ccc(-c3ccc(F)cc3)o2)cs1. The van der Waals surface area contributed by atoms with Crippen molar-refractivity contribution in [3.8, 4) is 17.1 Å². The van der Waals surface area contributed by atoms with Gasteiger partial charge in [-0.1, -0.05) is 12.1 Å². The van der Waals surface area contributed by atoms with Crippen LogP contribution < -0.4 is 9.64 Å². The van der Waals surface area contributed by atoms with Crippen LogP contribution in [-0.4, -0.2) is 24.0 Å². The van der Waals surface area contributed by atoms with Crippen molar-refractivity contribution in [1.29, 1.82) is 0 Å². The number of ether oxygens (including phenoxy) is 2. The highest BCUT2D eigenvalue weighted by Gasteiger charge is 2.22. The topological polar surface area (TPSA) is 81.9 Å². The summed E-state index contributed by atoms with van der Waals surface area (Å²) < 4.78 is 29.3. The van der Waals surface area contributed by atoms with Crippen LogP contribution in [0.2, 0.25) is 0 Å². The van der Waals surface area contributed by atoms with Crippen LogP contribution in [0.3, 0.4) is 0 Å². The molecule has 0 N–H and O–H groups in total. The van der Waals surface area contributed by atoms with Crippen LogP contribution >= 0.6 is 11.3 Å². The first-order valence-corrected chi connectivity index (χ1v) is 10.7. The second-order valence-electron chi connectivity index (χ2n) is 6.89. The zero-order valence-electron chi connectivity index (χ0n) is 17.8. The van der Waals surface area contributed by atoms with Crippen molar-refractivity contribution in [2.75, 3.05) is 12.0 Å². The number of esters is 1. The summed E-state index contributed by atoms with van der Waals surface area (Å²) in [5, 5.41) is 2.13. The molecule has 9 heteroatoms. The van der Waals surface area contributed by atoms with Crippen molar-refractivity contribution in [2.45, 2.75) is 13.5 Å². The van der Waals surface area contributed by atoms with Crippen molar-refractivity contribution in [3.05, 3.63) is 83.3 Å². The highest BCUT2D eigenvalue weighted by atomic mass is 32.1. The monoisotopic (exact) mass is 466 g/mol. The molecule has 2 aromatic heterocycles. The van der Waals surface area contributed by atoms with Gasteiger partial charge >= 0.3 is 5.97 Å². The van der Waals surface area contributed by atoms with E-state index in [1.807, 2.05) is 6.07 Å². The van der Waals surface area contributed by atoms with E-state index in [2.05, 4.69) is 4.98 Å². The van der Waals surface area contributed by atoms with Gasteiger partial charge in [-0.2, -0.15) is 0 Å². The molecule has 0 atom stereocenters. The normalized spacial score (nSPS) is 10.6. The van der Waals surface area contributed by atoms with Gasteiger partial charge in [0.25, 0.3) is 0 Å². The fourth-order valence-electron chi connectivity index (χ4n) is 3.11. The Morgan fingerprint density at radius 1 is 1.09 bits per heavy atom. The van der Waals surface area contributed by atoms with E-state index < -0.39 is 5.97 Å². The minimum atomic E-state index is -0.661. The number of carbonyl (C=O) groups excluding carboxylic acids is 2. The number of furan rings is 1. The second-order valence-corrected chi connectivity index (χ2v) is 7.73. The third kappa shape index (κ3) is 4.93. The molecule has 0 radical (unpaired) electrons. The van der Waals surface area contributed by atoms with Gasteiger partial charge in [0.1, 0.15) is 23.9 Å². The highest BCUT2D eigenvalue weighted by molar-refractivity contribution is 7.14. The van der Waals surface area contributed by atoms with Crippen LogP contribution in [0, 0.1) is 5.82 Å². The fourth-order valence-corrected chi connectivity index (χ4v) is 3.98. The molecule has 0 aliphatic rings. The molecule has 0 fully saturated rings. The fraction of sp³-hybridized carbons (Fsp3) is 0.125. The summed E-state index contributed by atoms with van der Waals surface area (Å²) in [4.78, 5) is 30.6. The van der Waals surface area contributed by atoms with Gasteiger partial charge < -0.3 is 13.9 Å². The third-order valence-electron chi connectivity index (χ3n) is 4.66. The van der Waals surface area contributed by atoms with Crippen LogP contribution in [0.5, 0.6) is 5.75 Å². The Bertz CT molecular complexity index is 1280. The summed E-state index contributed by atoms with van der Waals surface area (Å²) in [5.41, 5.74) is 1.68. The van der Waals surface area contributed by atoms with Gasteiger partial charge in [-0.05, 0) is 48.5 Å². The van der Waals surface area contributed by atoms with Crippen LogP contribution in [0.1, 0.15) is 23.2 Å². The number of nitrogens with zero attached hydrogens (tertiary/aromatic N) is 2. The number of halogens is 1. The lowest BCUT2D eigenvalue weighted by Crippen LogP contribution is -2.23. The molecule has 0 saturated carbocycles. The molecule has 7 nitrogen and oxygen atoms in total. The van der Waals surface area contributed by atoms with Crippen molar-refractivity contribution in [3.63, 3.8) is 0 Å². The predicted octanol–water partition coefficient (Wildman–Crippen LogP) is 5.59. The maximum absolute atomic E-state index is 13.1. The van der Waals surface area contributed by atoms with Crippen molar-refractivity contribution in [2.24, 2.45) is 0 Å². The summed E-state index contributed by atoms with van der Waals surface area (Å²) >= 11 is 1.24. The minimum Gasteiger partial charge on any atom is -0.495 e. The molecular formula is C24H19FN2O5S. The van der Waals surface area contributed by atoms with Crippen LogP contribution in [0.25, 0.3) is 11.3 Å². The Morgan fingerprint density at radius 3 is 2.58 bits per heavy atom. The van der Waals surface area contributed by atoms with E-state index in [1.54, 1.807) is 41.8 Å². The molecule has 33 heavy (non-hydrogen) atoms. The maximum Gasteiger partial charge on any atom is 0.374 e. The molecular weight excluding hydrogens is 447 g/mol. The number of para-hydroxylation sites is 2. The molecule has 1 amide bonds. The molecule has 0 bridgehead atoms. The Balaban J connectivity index is 1.45. The smallest absolute Gasteiger partial charge is 0.374 e. The third-order valence-corrected chi connectivity index (χ3v) is 5.53. The Labute approximate surface area is 193 Å². The average molecular weight is 466 g/mol. The first kappa shape index (κ1) is 22.2. The molecule has 168 valence electrons. The molecule has 0 saturated heterocycles. The summed E-state index contributed by atoms with van der Waals surface area (Å²) in [6.07, 6.45) is 0. The number of methoxy groups -OCH3 is 1. The standard InChI is InChI=1S/C24H19FN2O5S/c1-15(28)27(19-5-3-4-6-21(19)30-2)24-26-18(14-33-24)13-31-23(29)22-12-11-20(32-22)16-7-9-17(25)10-8-16/h3-12,14H,13H2,1-2H3. The second kappa shape index (κ2) is 9.66. The largest absolute Gasteiger partial charge is 0.495 e. The van der Waals surface area contributed by atoms with Crippen molar-refractivity contribution >= 4 is 34.0 Å². The molecule has 4 aromatic rings. The average Bonchev–Trinajstić information content (AvgIpc) is 3.49. The summed E-state index contributed by atoms with van der Waals surface area (Å²) in [6.45, 7) is 1.34. The van der Waals surface area contributed by atoms with E-state index in [9.17, 15) is 14.0 Å². The number of carbonyl (C=O) groups is 2. The Hall–Kier alpha value is -3.98. The summed E-state index contributed by atoms with van der Waals surface area (Å²) in [7, 11) is 1.53. The molecule has 0 spiro atoms. The lowest BCUT2D eigenvalue weighted by molar-refractivity contribution is -0.115. The number of rotatable bonds is 7. The molecule has 0 aliphatic carbocycles. The number of benzene rings is 2. The van der Waals surface area contributed by atoms with E-state index in [-0.39, 0.29) is 24.1 Å². The Kier molecular flexibility index (Phi) is 6.50. The van der Waals surface area contributed by atoms with Gasteiger partial charge in [0.05, 0.1) is 18.5 Å². The van der Waals surface area contributed by atoms with E-state index in [1.165, 1.54) is 48.5 Å². The minimum absolute atomic E-state index is 0.0177. The zero-order valence-corrected chi connectivity index (χ0v) is 18.6. The van der Waals surface area contributed by atoms with Gasteiger partial charge in [0, 0.05) is 17.9 Å². The van der Waals surface area contributed by atoms with Crippen LogP contribution in [0.15, 0.2) is 70.5 Å². The lowest BCUT2D eigenvalue weighted by atomic mass is 10.2. The number of amides is 1. The molecule has 0 aliphatic heterocycles. The lowest BCUT2D eigenvalue weighted by Gasteiger charge is -2.20. The van der Waals surface area contributed by atoms with Gasteiger partial charge in [-0.3, -0.25) is 9.69 Å². The van der Waals surface area contributed by atoms with Crippen LogP contribution in [0.4, 0.5) is 15.2 Å². The van der Waals surface area contributed by atoms with Gasteiger partial charge in [-0.15, -0.1) is 11.3 Å². The van der Waals surface area contributed by atoms with Crippen molar-refractivity contribution < 1.29 is 27.9 Å². The predicted molar refractivity (Wildman–Crippen MR) is 121 cm³/mol. The first-order chi connectivity index (χ1) is 16.0. The van der Waals surface area contributed by atoms with Gasteiger partial charge in [-0.25, -0.2) is 14.2 Å². The number of anilines is 2. The van der Waals surface area contributed by atoms with Gasteiger partial charge in [0.15, 0.2) is 5.13 Å². The molecule has 0 unspecified atom stereocenters. The molecule has 2 aromatic carbocycles. The Morgan fingerprint density at radius 2 is 1.85 bits per heavy atom. The zero-order chi connectivity index (χ0) is 23.4. The van der Waals surface area contributed by atoms with Crippen molar-refractivity contribution in [1.82, 2.24) is 4.98 Å². The molecule has 2 heterocycles. The van der Waals surface area contributed by atoms with Crippen LogP contribution in [-0.2, 0) is 16.1 Å². The number of hydrogen-bond donors (Lipinski definition) is 0.